The van der Waals surface area contributed by atoms with E-state index in [1.807, 2.05) is 25.7 Å². The maximum atomic E-state index is 12.2. The van der Waals surface area contributed by atoms with Crippen LogP contribution in [0.2, 0.25) is 0 Å². The van der Waals surface area contributed by atoms with Crippen molar-refractivity contribution in [3.05, 3.63) is 0 Å². The monoisotopic (exact) mass is 332 g/mol. The van der Waals surface area contributed by atoms with Crippen molar-refractivity contribution in [3.8, 4) is 0 Å². The van der Waals surface area contributed by atoms with Gasteiger partial charge in [0, 0.05) is 48.0 Å². The molecule has 1 aliphatic heterocycles. The van der Waals surface area contributed by atoms with Crippen molar-refractivity contribution in [1.82, 2.24) is 10.2 Å². The molecule has 4 atom stereocenters. The molecule has 1 rings (SSSR count). The minimum absolute atomic E-state index is 0.219. The Morgan fingerprint density at radius 3 is 2.50 bits per heavy atom. The van der Waals surface area contributed by atoms with Gasteiger partial charge in [0.25, 0.3) is 0 Å². The number of likely N-dealkylation sites (tertiary alicyclic amines) is 1. The minimum Gasteiger partial charge on any atom is -0.444 e. The van der Waals surface area contributed by atoms with E-state index in [9.17, 15) is 9.00 Å². The average molecular weight is 333 g/mol. The van der Waals surface area contributed by atoms with E-state index in [0.29, 0.717) is 24.3 Å². The zero-order chi connectivity index (χ0) is 16.9. The molecule has 0 saturated carbocycles. The van der Waals surface area contributed by atoms with Gasteiger partial charge in [-0.25, -0.2) is 4.79 Å². The molecule has 22 heavy (non-hydrogen) atoms. The number of nitrogens with one attached hydrogen (secondary N) is 1. The molecule has 1 saturated heterocycles. The first-order valence-electron chi connectivity index (χ1n) is 8.12. The van der Waals surface area contributed by atoms with Crippen LogP contribution >= 0.6 is 0 Å². The molecule has 5 nitrogen and oxygen atoms in total. The van der Waals surface area contributed by atoms with E-state index < -0.39 is 16.4 Å². The van der Waals surface area contributed by atoms with E-state index in [1.165, 1.54) is 0 Å². The summed E-state index contributed by atoms with van der Waals surface area (Å²) >= 11 is 0. The number of hydrogen-bond donors (Lipinski definition) is 1. The SMILES string of the molecule is CC(CS(C)=O)NC1CCN(C(=O)OC(C)(C)C)CCC1C. The van der Waals surface area contributed by atoms with Crippen LogP contribution in [0.4, 0.5) is 4.79 Å². The highest BCUT2D eigenvalue weighted by Gasteiger charge is 2.28. The van der Waals surface area contributed by atoms with Crippen molar-refractivity contribution in [1.29, 1.82) is 0 Å². The Bertz CT molecular complexity index is 395. The topological polar surface area (TPSA) is 58.6 Å². The molecular formula is C16H32N2O3S. The molecular weight excluding hydrogens is 300 g/mol. The van der Waals surface area contributed by atoms with Gasteiger partial charge in [-0.2, -0.15) is 0 Å². The molecule has 0 aliphatic carbocycles. The van der Waals surface area contributed by atoms with Crippen LogP contribution in [0.5, 0.6) is 0 Å². The molecule has 1 fully saturated rings. The van der Waals surface area contributed by atoms with Crippen molar-refractivity contribution < 1.29 is 13.7 Å². The Labute approximate surface area is 137 Å². The molecule has 0 aromatic heterocycles. The summed E-state index contributed by atoms with van der Waals surface area (Å²) in [5.74, 6) is 1.15. The zero-order valence-corrected chi connectivity index (χ0v) is 15.7. The molecule has 6 heteroatoms. The quantitative estimate of drug-likeness (QED) is 0.859. The highest BCUT2D eigenvalue weighted by atomic mass is 32.2. The third kappa shape index (κ3) is 7.09. The van der Waals surface area contributed by atoms with Crippen molar-refractivity contribution >= 4 is 16.9 Å². The van der Waals surface area contributed by atoms with Crippen molar-refractivity contribution in [2.45, 2.75) is 65.1 Å². The summed E-state index contributed by atoms with van der Waals surface area (Å²) in [6.07, 6.45) is 3.38. The van der Waals surface area contributed by atoms with E-state index in [1.54, 1.807) is 6.26 Å². The summed E-state index contributed by atoms with van der Waals surface area (Å²) in [6.45, 7) is 11.4. The first-order valence-corrected chi connectivity index (χ1v) is 9.85. The highest BCUT2D eigenvalue weighted by molar-refractivity contribution is 7.84. The van der Waals surface area contributed by atoms with Gasteiger partial charge >= 0.3 is 6.09 Å². The third-order valence-corrected chi connectivity index (χ3v) is 4.86. The Morgan fingerprint density at radius 2 is 1.95 bits per heavy atom. The number of carbonyl (C=O) groups excluding carboxylic acids is 1. The standard InChI is InChI=1S/C16H32N2O3S/c1-12-7-9-18(15(19)21-16(3,4)5)10-8-14(12)17-13(2)11-22(6)20/h12-14,17H,7-11H2,1-6H3. The summed E-state index contributed by atoms with van der Waals surface area (Å²) in [5.41, 5.74) is -0.452. The smallest absolute Gasteiger partial charge is 0.410 e. The van der Waals surface area contributed by atoms with Gasteiger partial charge in [-0.1, -0.05) is 6.92 Å². The van der Waals surface area contributed by atoms with Gasteiger partial charge < -0.3 is 15.0 Å². The van der Waals surface area contributed by atoms with Crippen LogP contribution in [0.25, 0.3) is 0 Å². The number of nitrogens with zero attached hydrogens (tertiary/aromatic N) is 1. The average Bonchev–Trinajstić information content (AvgIpc) is 2.49. The lowest BCUT2D eigenvalue weighted by molar-refractivity contribution is 0.0255. The summed E-state index contributed by atoms with van der Waals surface area (Å²) in [4.78, 5) is 14.0. The predicted octanol–water partition coefficient (Wildman–Crippen LogP) is 2.38. The molecule has 1 amide bonds. The fourth-order valence-corrected chi connectivity index (χ4v) is 3.57. The molecule has 4 unspecified atom stereocenters. The molecule has 0 spiro atoms. The Balaban J connectivity index is 2.55. The second kappa shape index (κ2) is 8.29. The van der Waals surface area contributed by atoms with Crippen LogP contribution in [0.3, 0.4) is 0 Å². The van der Waals surface area contributed by atoms with Crippen LogP contribution in [-0.2, 0) is 15.5 Å². The Morgan fingerprint density at radius 1 is 1.36 bits per heavy atom. The molecule has 0 bridgehead atoms. The van der Waals surface area contributed by atoms with Gasteiger partial charge in [0.15, 0.2) is 0 Å². The molecule has 0 aromatic carbocycles. The number of amides is 1. The highest BCUT2D eigenvalue weighted by Crippen LogP contribution is 2.20. The van der Waals surface area contributed by atoms with E-state index in [4.69, 9.17) is 4.74 Å². The van der Waals surface area contributed by atoms with Crippen molar-refractivity contribution in [2.75, 3.05) is 25.1 Å². The first-order chi connectivity index (χ1) is 10.1. The molecule has 130 valence electrons. The lowest BCUT2D eigenvalue weighted by atomic mass is 9.96. The molecule has 1 N–H and O–H groups in total. The normalized spacial score (nSPS) is 26.2. The van der Waals surface area contributed by atoms with Gasteiger partial charge in [-0.15, -0.1) is 0 Å². The lowest BCUT2D eigenvalue weighted by Crippen LogP contribution is -2.43. The first kappa shape index (κ1) is 19.4. The molecule has 1 heterocycles. The van der Waals surface area contributed by atoms with Crippen LogP contribution in [0.15, 0.2) is 0 Å². The zero-order valence-electron chi connectivity index (χ0n) is 14.8. The van der Waals surface area contributed by atoms with Gasteiger partial charge in [0.1, 0.15) is 5.60 Å². The van der Waals surface area contributed by atoms with E-state index in [0.717, 1.165) is 19.4 Å². The molecule has 1 aliphatic rings. The van der Waals surface area contributed by atoms with E-state index in [-0.39, 0.29) is 12.1 Å². The third-order valence-electron chi connectivity index (χ3n) is 3.89. The van der Waals surface area contributed by atoms with Gasteiger partial charge in [-0.3, -0.25) is 4.21 Å². The fraction of sp³-hybridized carbons (Fsp3) is 0.938. The van der Waals surface area contributed by atoms with Crippen LogP contribution < -0.4 is 5.32 Å². The molecule has 0 radical (unpaired) electrons. The van der Waals surface area contributed by atoms with Crippen molar-refractivity contribution in [2.24, 2.45) is 5.92 Å². The summed E-state index contributed by atoms with van der Waals surface area (Å²) in [6, 6.07) is 0.581. The number of rotatable bonds is 4. The van der Waals surface area contributed by atoms with Crippen LogP contribution in [-0.4, -0.2) is 58.0 Å². The largest absolute Gasteiger partial charge is 0.444 e. The van der Waals surface area contributed by atoms with Gasteiger partial charge in [0.2, 0.25) is 0 Å². The Hall–Kier alpha value is -0.620. The fourth-order valence-electron chi connectivity index (χ4n) is 2.77. The van der Waals surface area contributed by atoms with Gasteiger partial charge in [0.05, 0.1) is 0 Å². The minimum atomic E-state index is -0.788. The number of carbonyl (C=O) groups is 1. The number of ether oxygens (including phenoxy) is 1. The Kier molecular flexibility index (Phi) is 7.32. The van der Waals surface area contributed by atoms with Crippen LogP contribution in [0.1, 0.15) is 47.5 Å². The lowest BCUT2D eigenvalue weighted by Gasteiger charge is -2.27. The van der Waals surface area contributed by atoms with Gasteiger partial charge in [-0.05, 0) is 46.5 Å². The van der Waals surface area contributed by atoms with E-state index in [2.05, 4.69) is 19.2 Å². The van der Waals surface area contributed by atoms with Crippen LogP contribution in [0, 0.1) is 5.92 Å². The van der Waals surface area contributed by atoms with Crippen molar-refractivity contribution in [3.63, 3.8) is 0 Å². The maximum Gasteiger partial charge on any atom is 0.410 e. The summed E-state index contributed by atoms with van der Waals surface area (Å²) < 4.78 is 16.8. The predicted molar refractivity (Wildman–Crippen MR) is 91.5 cm³/mol. The van der Waals surface area contributed by atoms with E-state index >= 15 is 0 Å². The summed E-state index contributed by atoms with van der Waals surface area (Å²) in [5, 5.41) is 3.58. The number of hydrogen-bond acceptors (Lipinski definition) is 4. The second-order valence-electron chi connectivity index (χ2n) is 7.44. The second-order valence-corrected chi connectivity index (χ2v) is 8.92. The summed E-state index contributed by atoms with van der Waals surface area (Å²) in [7, 11) is -0.788. The molecule has 0 aromatic rings. The maximum absolute atomic E-state index is 12.2.